The molecule has 2 aromatic rings. The quantitative estimate of drug-likeness (QED) is 0.911. The highest BCUT2D eigenvalue weighted by Crippen LogP contribution is 2.19. The van der Waals surface area contributed by atoms with Gasteiger partial charge in [0.15, 0.2) is 0 Å². The minimum atomic E-state index is -3.58. The van der Waals surface area contributed by atoms with Crippen LogP contribution >= 0.6 is 11.6 Å². The molecule has 2 rings (SSSR count). The molecule has 19 heavy (non-hydrogen) atoms. The van der Waals surface area contributed by atoms with Crippen molar-refractivity contribution in [1.29, 1.82) is 0 Å². The maximum absolute atomic E-state index is 12.1. The van der Waals surface area contributed by atoms with Crippen molar-refractivity contribution in [3.05, 3.63) is 53.6 Å². The number of hydrogen-bond donors (Lipinski definition) is 2. The summed E-state index contributed by atoms with van der Waals surface area (Å²) in [4.78, 5) is 0.176. The van der Waals surface area contributed by atoms with E-state index in [2.05, 4.69) is 10.0 Å². The average molecular weight is 297 g/mol. The topological polar surface area (TPSA) is 58.2 Å². The van der Waals surface area contributed by atoms with Crippen LogP contribution in [-0.4, -0.2) is 15.5 Å². The third-order valence-electron chi connectivity index (χ3n) is 2.55. The van der Waals surface area contributed by atoms with E-state index in [-0.39, 0.29) is 4.90 Å². The fourth-order valence-corrected chi connectivity index (χ4v) is 2.72. The first kappa shape index (κ1) is 13.7. The molecule has 0 aliphatic carbocycles. The molecule has 2 N–H and O–H groups in total. The van der Waals surface area contributed by atoms with Gasteiger partial charge in [-0.3, -0.25) is 4.72 Å². The monoisotopic (exact) mass is 296 g/mol. The average Bonchev–Trinajstić information content (AvgIpc) is 2.40. The summed E-state index contributed by atoms with van der Waals surface area (Å²) in [6, 6.07) is 13.0. The van der Waals surface area contributed by atoms with Crippen LogP contribution in [0.2, 0.25) is 5.02 Å². The summed E-state index contributed by atoms with van der Waals surface area (Å²) >= 11 is 5.73. The van der Waals surface area contributed by atoms with Gasteiger partial charge in [0, 0.05) is 23.4 Å². The molecule has 0 radical (unpaired) electrons. The first-order valence-electron chi connectivity index (χ1n) is 5.57. The Bertz CT molecular complexity index is 652. The Hall–Kier alpha value is -1.72. The van der Waals surface area contributed by atoms with Gasteiger partial charge in [0.05, 0.1) is 4.90 Å². The van der Waals surface area contributed by atoms with E-state index in [1.54, 1.807) is 43.4 Å². The van der Waals surface area contributed by atoms with Gasteiger partial charge in [-0.25, -0.2) is 8.42 Å². The van der Waals surface area contributed by atoms with Gasteiger partial charge in [-0.2, -0.15) is 0 Å². The largest absolute Gasteiger partial charge is 0.388 e. The van der Waals surface area contributed by atoms with Crippen LogP contribution in [0.15, 0.2) is 53.4 Å². The minimum absolute atomic E-state index is 0.176. The van der Waals surface area contributed by atoms with E-state index in [1.807, 2.05) is 0 Å². The van der Waals surface area contributed by atoms with Crippen LogP contribution in [-0.2, 0) is 10.0 Å². The Morgan fingerprint density at radius 2 is 1.42 bits per heavy atom. The summed E-state index contributed by atoms with van der Waals surface area (Å²) in [6.45, 7) is 0. The molecule has 0 saturated carbocycles. The van der Waals surface area contributed by atoms with Crippen molar-refractivity contribution >= 4 is 33.0 Å². The first-order chi connectivity index (χ1) is 9.01. The summed E-state index contributed by atoms with van der Waals surface area (Å²) in [5.41, 5.74) is 1.42. The fraction of sp³-hybridized carbons (Fsp3) is 0.0769. The van der Waals surface area contributed by atoms with E-state index in [9.17, 15) is 8.42 Å². The lowest BCUT2D eigenvalue weighted by Crippen LogP contribution is -2.12. The molecule has 0 heterocycles. The molecule has 0 unspecified atom stereocenters. The molecule has 0 fully saturated rings. The maximum Gasteiger partial charge on any atom is 0.261 e. The predicted octanol–water partition coefficient (Wildman–Crippen LogP) is 3.18. The SMILES string of the molecule is CNc1ccc(NS(=O)(=O)c2ccc(Cl)cc2)cc1. The Morgan fingerprint density at radius 3 is 1.95 bits per heavy atom. The fourth-order valence-electron chi connectivity index (χ4n) is 1.53. The lowest BCUT2D eigenvalue weighted by molar-refractivity contribution is 0.601. The van der Waals surface area contributed by atoms with E-state index < -0.39 is 10.0 Å². The maximum atomic E-state index is 12.1. The van der Waals surface area contributed by atoms with Crippen molar-refractivity contribution in [2.24, 2.45) is 0 Å². The Kier molecular flexibility index (Phi) is 3.97. The summed E-state index contributed by atoms with van der Waals surface area (Å²) < 4.78 is 26.7. The zero-order valence-corrected chi connectivity index (χ0v) is 11.8. The molecular weight excluding hydrogens is 284 g/mol. The highest BCUT2D eigenvalue weighted by Gasteiger charge is 2.13. The smallest absolute Gasteiger partial charge is 0.261 e. The van der Waals surface area contributed by atoms with Crippen molar-refractivity contribution < 1.29 is 8.42 Å². The second-order valence-electron chi connectivity index (χ2n) is 3.89. The van der Waals surface area contributed by atoms with Gasteiger partial charge in [0.1, 0.15) is 0 Å². The zero-order valence-electron chi connectivity index (χ0n) is 10.2. The van der Waals surface area contributed by atoms with Crippen LogP contribution < -0.4 is 10.0 Å². The molecule has 0 spiro atoms. The molecule has 0 amide bonds. The predicted molar refractivity (Wildman–Crippen MR) is 78.2 cm³/mol. The summed E-state index contributed by atoms with van der Waals surface area (Å²) in [5.74, 6) is 0. The van der Waals surface area contributed by atoms with Gasteiger partial charge in [0.2, 0.25) is 0 Å². The third kappa shape index (κ3) is 3.39. The van der Waals surface area contributed by atoms with E-state index in [0.29, 0.717) is 10.7 Å². The number of anilines is 2. The summed E-state index contributed by atoms with van der Waals surface area (Å²) in [7, 11) is -1.78. The Balaban J connectivity index is 2.23. The van der Waals surface area contributed by atoms with E-state index in [4.69, 9.17) is 11.6 Å². The number of hydrogen-bond acceptors (Lipinski definition) is 3. The van der Waals surface area contributed by atoms with E-state index in [0.717, 1.165) is 5.69 Å². The summed E-state index contributed by atoms with van der Waals surface area (Å²) in [5, 5.41) is 3.46. The van der Waals surface area contributed by atoms with Gasteiger partial charge < -0.3 is 5.32 Å². The molecule has 0 aliphatic rings. The van der Waals surface area contributed by atoms with Crippen LogP contribution in [0.5, 0.6) is 0 Å². The molecule has 2 aromatic carbocycles. The van der Waals surface area contributed by atoms with Crippen LogP contribution in [0.25, 0.3) is 0 Å². The zero-order chi connectivity index (χ0) is 13.9. The van der Waals surface area contributed by atoms with Crippen molar-refractivity contribution in [3.63, 3.8) is 0 Å². The first-order valence-corrected chi connectivity index (χ1v) is 7.43. The van der Waals surface area contributed by atoms with Gasteiger partial charge in [0.25, 0.3) is 10.0 Å². The molecule has 0 bridgehead atoms. The van der Waals surface area contributed by atoms with E-state index in [1.165, 1.54) is 12.1 Å². The molecule has 0 aromatic heterocycles. The second kappa shape index (κ2) is 5.50. The highest BCUT2D eigenvalue weighted by molar-refractivity contribution is 7.92. The molecular formula is C13H13ClN2O2S. The van der Waals surface area contributed by atoms with Crippen molar-refractivity contribution in [3.8, 4) is 0 Å². The number of halogens is 1. The molecule has 0 aliphatic heterocycles. The lowest BCUT2D eigenvalue weighted by atomic mass is 10.3. The van der Waals surface area contributed by atoms with Gasteiger partial charge in [-0.1, -0.05) is 11.6 Å². The lowest BCUT2D eigenvalue weighted by Gasteiger charge is -2.09. The summed E-state index contributed by atoms with van der Waals surface area (Å²) in [6.07, 6.45) is 0. The van der Waals surface area contributed by atoms with Crippen LogP contribution in [0.3, 0.4) is 0 Å². The van der Waals surface area contributed by atoms with Crippen LogP contribution in [0.1, 0.15) is 0 Å². The van der Waals surface area contributed by atoms with Crippen molar-refractivity contribution in [2.45, 2.75) is 4.90 Å². The number of rotatable bonds is 4. The molecule has 6 heteroatoms. The van der Waals surface area contributed by atoms with Gasteiger partial charge >= 0.3 is 0 Å². The second-order valence-corrected chi connectivity index (χ2v) is 6.01. The van der Waals surface area contributed by atoms with Crippen molar-refractivity contribution in [2.75, 3.05) is 17.1 Å². The minimum Gasteiger partial charge on any atom is -0.388 e. The van der Waals surface area contributed by atoms with Gasteiger partial charge in [-0.15, -0.1) is 0 Å². The normalized spacial score (nSPS) is 11.1. The van der Waals surface area contributed by atoms with Crippen LogP contribution in [0.4, 0.5) is 11.4 Å². The van der Waals surface area contributed by atoms with Crippen molar-refractivity contribution in [1.82, 2.24) is 0 Å². The molecule has 0 saturated heterocycles. The molecule has 0 atom stereocenters. The standard InChI is InChI=1S/C13H13ClN2O2S/c1-15-11-4-6-12(7-5-11)16-19(17,18)13-8-2-10(14)3-9-13/h2-9,15-16H,1H3. The Labute approximate surface area is 117 Å². The molecule has 100 valence electrons. The van der Waals surface area contributed by atoms with Crippen LogP contribution in [0, 0.1) is 0 Å². The third-order valence-corrected chi connectivity index (χ3v) is 4.20. The number of benzene rings is 2. The number of sulfonamides is 1. The highest BCUT2D eigenvalue weighted by atomic mass is 35.5. The van der Waals surface area contributed by atoms with E-state index >= 15 is 0 Å². The molecule has 4 nitrogen and oxygen atoms in total. The van der Waals surface area contributed by atoms with Gasteiger partial charge in [-0.05, 0) is 48.5 Å². The Morgan fingerprint density at radius 1 is 0.895 bits per heavy atom. The number of nitrogens with one attached hydrogen (secondary N) is 2.